The van der Waals surface area contributed by atoms with Crippen molar-refractivity contribution in [3.8, 4) is 0 Å². The number of benzene rings is 1. The van der Waals surface area contributed by atoms with Gasteiger partial charge in [0.2, 0.25) is 0 Å². The molecule has 0 fully saturated rings. The standard InChI is InChI=1S/C12H23BO4Si2/c1-12(2,11(16-18-3)17-19-4)9-5-7-10(8-6-9)13(14)15/h5-8,11,14-15H,18-19H2,1-4H3. The van der Waals surface area contributed by atoms with E-state index in [2.05, 4.69) is 26.9 Å². The maximum Gasteiger partial charge on any atom is 0.488 e. The van der Waals surface area contributed by atoms with Gasteiger partial charge in [-0.15, -0.1) is 0 Å². The largest absolute Gasteiger partial charge is 0.488 e. The third-order valence-electron chi connectivity index (χ3n) is 3.18. The Morgan fingerprint density at radius 3 is 1.89 bits per heavy atom. The van der Waals surface area contributed by atoms with Crippen molar-refractivity contribution in [3.63, 3.8) is 0 Å². The van der Waals surface area contributed by atoms with Gasteiger partial charge in [0.1, 0.15) is 6.29 Å². The number of hydrogen-bond acceptors (Lipinski definition) is 4. The maximum absolute atomic E-state index is 9.11. The van der Waals surface area contributed by atoms with Crippen LogP contribution in [0.1, 0.15) is 19.4 Å². The zero-order valence-corrected chi connectivity index (χ0v) is 14.9. The molecular weight excluding hydrogens is 275 g/mol. The first-order chi connectivity index (χ1) is 8.93. The van der Waals surface area contributed by atoms with Gasteiger partial charge in [0, 0.05) is 5.41 Å². The van der Waals surface area contributed by atoms with E-state index in [9.17, 15) is 0 Å². The van der Waals surface area contributed by atoms with Crippen LogP contribution >= 0.6 is 0 Å². The average Bonchev–Trinajstić information content (AvgIpc) is 2.38. The lowest BCUT2D eigenvalue weighted by Gasteiger charge is -2.35. The van der Waals surface area contributed by atoms with Crippen molar-refractivity contribution in [2.45, 2.75) is 38.6 Å². The topological polar surface area (TPSA) is 58.9 Å². The van der Waals surface area contributed by atoms with E-state index in [1.165, 1.54) is 0 Å². The molecule has 0 aliphatic heterocycles. The van der Waals surface area contributed by atoms with Crippen LogP contribution in [0.3, 0.4) is 0 Å². The zero-order chi connectivity index (χ0) is 14.5. The molecule has 0 spiro atoms. The SMILES string of the molecule is C[SiH2]OC(O[SiH2]C)C(C)(C)c1ccc(B(O)O)cc1. The highest BCUT2D eigenvalue weighted by Crippen LogP contribution is 2.29. The predicted molar refractivity (Wildman–Crippen MR) is 84.1 cm³/mol. The Morgan fingerprint density at radius 1 is 1.05 bits per heavy atom. The average molecular weight is 298 g/mol. The molecule has 0 aliphatic rings. The van der Waals surface area contributed by atoms with E-state index < -0.39 is 26.6 Å². The van der Waals surface area contributed by atoms with Crippen LogP contribution in [0, 0.1) is 0 Å². The smallest absolute Gasteiger partial charge is 0.423 e. The van der Waals surface area contributed by atoms with E-state index in [1.807, 2.05) is 12.1 Å². The molecule has 1 aromatic rings. The second kappa shape index (κ2) is 7.37. The summed E-state index contributed by atoms with van der Waals surface area (Å²) < 4.78 is 11.7. The third kappa shape index (κ3) is 4.27. The molecule has 0 radical (unpaired) electrons. The van der Waals surface area contributed by atoms with E-state index in [0.29, 0.717) is 5.46 Å². The molecule has 0 saturated heterocycles. The molecule has 106 valence electrons. The fourth-order valence-corrected chi connectivity index (χ4v) is 3.81. The van der Waals surface area contributed by atoms with Crippen LogP contribution in [0.25, 0.3) is 0 Å². The fourth-order valence-electron chi connectivity index (χ4n) is 1.99. The summed E-state index contributed by atoms with van der Waals surface area (Å²) in [6.07, 6.45) is -0.203. The molecule has 0 amide bonds. The fraction of sp³-hybridized carbons (Fsp3) is 0.500. The van der Waals surface area contributed by atoms with E-state index in [-0.39, 0.29) is 11.7 Å². The summed E-state index contributed by atoms with van der Waals surface area (Å²) in [7, 11) is -2.51. The zero-order valence-electron chi connectivity index (χ0n) is 12.1. The van der Waals surface area contributed by atoms with Gasteiger partial charge in [0.05, 0.1) is 0 Å². The Morgan fingerprint density at radius 2 is 1.53 bits per heavy atom. The van der Waals surface area contributed by atoms with Gasteiger partial charge in [-0.05, 0) is 11.0 Å². The van der Waals surface area contributed by atoms with E-state index in [1.54, 1.807) is 12.1 Å². The van der Waals surface area contributed by atoms with Crippen molar-refractivity contribution < 1.29 is 18.9 Å². The van der Waals surface area contributed by atoms with Crippen LogP contribution < -0.4 is 5.46 Å². The Kier molecular flexibility index (Phi) is 6.44. The summed E-state index contributed by atoms with van der Waals surface area (Å²) in [5.74, 6) is 0. The second-order valence-corrected chi connectivity index (χ2v) is 6.78. The van der Waals surface area contributed by atoms with Crippen molar-refractivity contribution in [1.82, 2.24) is 0 Å². The Hall–Kier alpha value is -0.441. The van der Waals surface area contributed by atoms with Crippen molar-refractivity contribution >= 4 is 32.1 Å². The minimum atomic E-state index is -1.42. The van der Waals surface area contributed by atoms with E-state index in [4.69, 9.17) is 18.9 Å². The van der Waals surface area contributed by atoms with Gasteiger partial charge in [0.25, 0.3) is 0 Å². The molecule has 4 nitrogen and oxygen atoms in total. The minimum Gasteiger partial charge on any atom is -0.423 e. The minimum absolute atomic E-state index is 0.203. The van der Waals surface area contributed by atoms with Crippen LogP contribution in [0.5, 0.6) is 0 Å². The highest BCUT2D eigenvalue weighted by atomic mass is 28.2. The van der Waals surface area contributed by atoms with Crippen LogP contribution in [-0.2, 0) is 14.3 Å². The summed E-state index contributed by atoms with van der Waals surface area (Å²) in [5.41, 5.74) is 1.32. The van der Waals surface area contributed by atoms with Gasteiger partial charge in [0.15, 0.2) is 19.5 Å². The molecule has 0 unspecified atom stereocenters. The summed E-state index contributed by atoms with van der Waals surface area (Å²) >= 11 is 0. The van der Waals surface area contributed by atoms with E-state index >= 15 is 0 Å². The predicted octanol–water partition coefficient (Wildman–Crippen LogP) is -0.733. The van der Waals surface area contributed by atoms with Crippen LogP contribution in [0.15, 0.2) is 24.3 Å². The maximum atomic E-state index is 9.11. The highest BCUT2D eigenvalue weighted by molar-refractivity contribution is 6.58. The first kappa shape index (κ1) is 16.6. The summed E-state index contributed by atoms with van der Waals surface area (Å²) in [6.45, 7) is 8.37. The molecule has 1 aromatic carbocycles. The number of rotatable bonds is 7. The lowest BCUT2D eigenvalue weighted by atomic mass is 9.77. The van der Waals surface area contributed by atoms with Gasteiger partial charge >= 0.3 is 7.12 Å². The molecule has 7 heteroatoms. The molecule has 0 aliphatic carbocycles. The van der Waals surface area contributed by atoms with Gasteiger partial charge in [-0.3, -0.25) is 0 Å². The first-order valence-corrected chi connectivity index (χ1v) is 10.6. The lowest BCUT2D eigenvalue weighted by molar-refractivity contribution is -0.0433. The van der Waals surface area contributed by atoms with Crippen LogP contribution in [0.4, 0.5) is 0 Å². The molecule has 1 rings (SSSR count). The van der Waals surface area contributed by atoms with Crippen molar-refractivity contribution in [3.05, 3.63) is 29.8 Å². The quantitative estimate of drug-likeness (QED) is 0.515. The molecular formula is C12H23BO4Si2. The van der Waals surface area contributed by atoms with Gasteiger partial charge < -0.3 is 18.9 Å². The Balaban J connectivity index is 2.95. The molecule has 0 atom stereocenters. The van der Waals surface area contributed by atoms with Crippen LogP contribution in [-0.4, -0.2) is 43.0 Å². The Labute approximate surface area is 120 Å². The van der Waals surface area contributed by atoms with Gasteiger partial charge in [-0.2, -0.15) is 0 Å². The summed E-state index contributed by atoms with van der Waals surface area (Å²) in [5, 5.41) is 18.2. The molecule has 0 heterocycles. The van der Waals surface area contributed by atoms with Crippen LogP contribution in [0.2, 0.25) is 13.1 Å². The van der Waals surface area contributed by atoms with Crippen molar-refractivity contribution in [2.75, 3.05) is 0 Å². The normalized spacial score (nSPS) is 14.6. The first-order valence-electron chi connectivity index (χ1n) is 6.63. The molecule has 0 bridgehead atoms. The molecule has 0 aromatic heterocycles. The summed E-state index contributed by atoms with van der Waals surface area (Å²) in [4.78, 5) is 0. The second-order valence-electron chi connectivity index (χ2n) is 4.96. The Bertz CT molecular complexity index is 378. The van der Waals surface area contributed by atoms with Crippen molar-refractivity contribution in [2.24, 2.45) is 0 Å². The molecule has 0 saturated carbocycles. The third-order valence-corrected chi connectivity index (χ3v) is 4.45. The van der Waals surface area contributed by atoms with Gasteiger partial charge in [-0.25, -0.2) is 0 Å². The monoisotopic (exact) mass is 298 g/mol. The van der Waals surface area contributed by atoms with Crippen molar-refractivity contribution in [1.29, 1.82) is 0 Å². The molecule has 19 heavy (non-hydrogen) atoms. The highest BCUT2D eigenvalue weighted by Gasteiger charge is 2.32. The summed E-state index contributed by atoms with van der Waals surface area (Å²) in [6, 6.07) is 7.27. The van der Waals surface area contributed by atoms with E-state index in [0.717, 1.165) is 5.56 Å². The number of hydrogen-bond donors (Lipinski definition) is 2. The van der Waals surface area contributed by atoms with Gasteiger partial charge in [-0.1, -0.05) is 51.2 Å². The molecule has 2 N–H and O–H groups in total. The lowest BCUT2D eigenvalue weighted by Crippen LogP contribution is -2.40.